The number of nitro groups is 1. The van der Waals surface area contributed by atoms with E-state index in [4.69, 9.17) is 9.72 Å². The van der Waals surface area contributed by atoms with Gasteiger partial charge in [-0.2, -0.15) is 0 Å². The first-order valence-electron chi connectivity index (χ1n) is 11.2. The number of non-ortho nitro benzene ring substituents is 1. The van der Waals surface area contributed by atoms with E-state index in [1.54, 1.807) is 12.1 Å². The van der Waals surface area contributed by atoms with Crippen LogP contribution in [0.15, 0.2) is 48.5 Å². The van der Waals surface area contributed by atoms with Crippen molar-refractivity contribution in [3.05, 3.63) is 58.6 Å². The van der Waals surface area contributed by atoms with Crippen molar-refractivity contribution >= 4 is 22.7 Å². The van der Waals surface area contributed by atoms with E-state index in [0.29, 0.717) is 29.1 Å². The van der Waals surface area contributed by atoms with Crippen LogP contribution in [-0.4, -0.2) is 26.5 Å². The van der Waals surface area contributed by atoms with Crippen LogP contribution in [-0.2, 0) is 16.1 Å². The van der Waals surface area contributed by atoms with Crippen molar-refractivity contribution in [3.63, 3.8) is 0 Å². The van der Waals surface area contributed by atoms with Crippen LogP contribution < -0.4 is 0 Å². The summed E-state index contributed by atoms with van der Waals surface area (Å²) in [6.07, 6.45) is 3.09. The van der Waals surface area contributed by atoms with Gasteiger partial charge in [0.2, 0.25) is 0 Å². The number of hydrogen-bond donors (Lipinski definition) is 0. The lowest BCUT2D eigenvalue weighted by Crippen LogP contribution is -2.36. The zero-order chi connectivity index (χ0) is 22.8. The predicted molar refractivity (Wildman–Crippen MR) is 123 cm³/mol. The molecule has 0 amide bonds. The molecule has 1 fully saturated rings. The van der Waals surface area contributed by atoms with Crippen LogP contribution in [0, 0.1) is 27.9 Å². The molecule has 1 saturated carbocycles. The topological polar surface area (TPSA) is 87.3 Å². The van der Waals surface area contributed by atoms with E-state index in [9.17, 15) is 14.9 Å². The molecule has 0 saturated heterocycles. The van der Waals surface area contributed by atoms with Crippen molar-refractivity contribution in [1.29, 1.82) is 0 Å². The van der Waals surface area contributed by atoms with Crippen molar-refractivity contribution in [2.45, 2.75) is 52.7 Å². The van der Waals surface area contributed by atoms with Crippen molar-refractivity contribution in [3.8, 4) is 11.4 Å². The molecule has 7 nitrogen and oxygen atoms in total. The van der Waals surface area contributed by atoms with Crippen LogP contribution >= 0.6 is 0 Å². The highest BCUT2D eigenvalue weighted by atomic mass is 16.6. The highest BCUT2D eigenvalue weighted by Gasteiger charge is 2.33. The molecule has 1 aliphatic rings. The summed E-state index contributed by atoms with van der Waals surface area (Å²) in [4.78, 5) is 28.3. The molecule has 0 bridgehead atoms. The number of hydrogen-bond acceptors (Lipinski definition) is 5. The van der Waals surface area contributed by atoms with E-state index in [0.717, 1.165) is 23.9 Å². The maximum absolute atomic E-state index is 13.1. The zero-order valence-electron chi connectivity index (χ0n) is 18.7. The van der Waals surface area contributed by atoms with Gasteiger partial charge in [-0.3, -0.25) is 14.9 Å². The summed E-state index contributed by atoms with van der Waals surface area (Å²) < 4.78 is 7.87. The molecule has 168 valence electrons. The summed E-state index contributed by atoms with van der Waals surface area (Å²) in [5.74, 6) is 1.71. The van der Waals surface area contributed by atoms with Gasteiger partial charge in [0.25, 0.3) is 5.69 Å². The van der Waals surface area contributed by atoms with Gasteiger partial charge in [0.1, 0.15) is 18.5 Å². The first-order chi connectivity index (χ1) is 15.3. The minimum absolute atomic E-state index is 0.0157. The Morgan fingerprint density at radius 2 is 1.91 bits per heavy atom. The Hall–Kier alpha value is -3.22. The number of esters is 1. The van der Waals surface area contributed by atoms with Crippen LogP contribution in [0.25, 0.3) is 22.4 Å². The van der Waals surface area contributed by atoms with E-state index in [-0.39, 0.29) is 24.3 Å². The Balaban J connectivity index is 1.62. The molecular formula is C25H29N3O4. The fourth-order valence-corrected chi connectivity index (χ4v) is 4.77. The van der Waals surface area contributed by atoms with Gasteiger partial charge in [-0.25, -0.2) is 4.98 Å². The fourth-order valence-electron chi connectivity index (χ4n) is 4.77. The Morgan fingerprint density at radius 3 is 2.59 bits per heavy atom. The third-order valence-electron chi connectivity index (χ3n) is 6.52. The summed E-state index contributed by atoms with van der Waals surface area (Å²) in [5.41, 5.74) is 2.32. The van der Waals surface area contributed by atoms with Crippen LogP contribution in [0.5, 0.6) is 0 Å². The minimum Gasteiger partial charge on any atom is -0.461 e. The lowest BCUT2D eigenvalue weighted by molar-refractivity contribution is -0.384. The van der Waals surface area contributed by atoms with E-state index in [1.165, 1.54) is 18.6 Å². The number of aromatic nitrogens is 2. The van der Waals surface area contributed by atoms with Gasteiger partial charge in [0, 0.05) is 17.7 Å². The highest BCUT2D eigenvalue weighted by Crippen LogP contribution is 2.35. The molecule has 0 radical (unpaired) electrons. The molecule has 0 N–H and O–H groups in total. The van der Waals surface area contributed by atoms with E-state index < -0.39 is 4.92 Å². The second-order valence-corrected chi connectivity index (χ2v) is 9.17. The standard InChI is InChI=1S/C25H29N3O4/c1-16(2)20-13-8-17(3)14-23(20)32-24(29)15-27-22-7-5-4-6-21(22)26-25(27)18-9-11-19(12-10-18)28(30)31/h4-7,9-12,16-17,20,23H,8,13-15H2,1-3H3/t17-,20?,23-/m1/s1. The Kier molecular flexibility index (Phi) is 6.26. The third kappa shape index (κ3) is 4.52. The smallest absolute Gasteiger partial charge is 0.326 e. The van der Waals surface area contributed by atoms with Crippen LogP contribution in [0.1, 0.15) is 40.0 Å². The number of nitrogens with zero attached hydrogens (tertiary/aromatic N) is 3. The number of carbonyl (C=O) groups is 1. The molecule has 4 rings (SSSR count). The normalized spacial score (nSPS) is 21.1. The van der Waals surface area contributed by atoms with E-state index in [1.807, 2.05) is 28.8 Å². The number of nitro benzene ring substituents is 1. The second kappa shape index (κ2) is 9.10. The van der Waals surface area contributed by atoms with Crippen molar-refractivity contribution < 1.29 is 14.5 Å². The molecule has 0 spiro atoms. The van der Waals surface area contributed by atoms with Gasteiger partial charge >= 0.3 is 5.97 Å². The molecule has 1 unspecified atom stereocenters. The molecule has 3 aromatic rings. The molecule has 1 aliphatic carbocycles. The SMILES string of the molecule is CC(C)C1CC[C@@H](C)C[C@H]1OC(=O)Cn1c(-c2ccc([N+](=O)[O-])cc2)nc2ccccc21. The van der Waals surface area contributed by atoms with Gasteiger partial charge in [0.05, 0.1) is 16.0 Å². The lowest BCUT2D eigenvalue weighted by Gasteiger charge is -2.36. The van der Waals surface area contributed by atoms with Gasteiger partial charge in [-0.15, -0.1) is 0 Å². The molecule has 0 aliphatic heterocycles. The first-order valence-corrected chi connectivity index (χ1v) is 11.2. The number of carbonyl (C=O) groups excluding carboxylic acids is 1. The molecule has 32 heavy (non-hydrogen) atoms. The van der Waals surface area contributed by atoms with Crippen molar-refractivity contribution in [2.24, 2.45) is 17.8 Å². The predicted octanol–water partition coefficient (Wildman–Crippen LogP) is 5.62. The lowest BCUT2D eigenvalue weighted by atomic mass is 9.75. The summed E-state index contributed by atoms with van der Waals surface area (Å²) in [6, 6.07) is 13.9. The average molecular weight is 436 g/mol. The zero-order valence-corrected chi connectivity index (χ0v) is 18.7. The Bertz CT molecular complexity index is 1120. The molecule has 1 aromatic heterocycles. The minimum atomic E-state index is -0.430. The Morgan fingerprint density at radius 1 is 1.19 bits per heavy atom. The molecule has 7 heteroatoms. The second-order valence-electron chi connectivity index (χ2n) is 9.17. The largest absolute Gasteiger partial charge is 0.461 e. The van der Waals surface area contributed by atoms with Crippen molar-refractivity contribution in [1.82, 2.24) is 9.55 Å². The summed E-state index contributed by atoms with van der Waals surface area (Å²) in [5, 5.41) is 11.0. The maximum atomic E-state index is 13.1. The van der Waals surface area contributed by atoms with E-state index in [2.05, 4.69) is 20.8 Å². The maximum Gasteiger partial charge on any atom is 0.326 e. The van der Waals surface area contributed by atoms with Gasteiger partial charge in [-0.05, 0) is 54.9 Å². The average Bonchev–Trinajstić information content (AvgIpc) is 3.12. The molecular weight excluding hydrogens is 406 g/mol. The molecule has 1 heterocycles. The van der Waals surface area contributed by atoms with Gasteiger partial charge in [-0.1, -0.05) is 39.3 Å². The van der Waals surface area contributed by atoms with Crippen LogP contribution in [0.2, 0.25) is 0 Å². The number of rotatable bonds is 6. The number of para-hydroxylation sites is 2. The van der Waals surface area contributed by atoms with Crippen LogP contribution in [0.3, 0.4) is 0 Å². The first kappa shape index (κ1) is 22.0. The quantitative estimate of drug-likeness (QED) is 0.285. The van der Waals surface area contributed by atoms with Gasteiger partial charge < -0.3 is 9.30 Å². The summed E-state index contributed by atoms with van der Waals surface area (Å²) >= 11 is 0. The molecule has 2 aromatic carbocycles. The number of fused-ring (bicyclic) bond motifs is 1. The monoisotopic (exact) mass is 435 g/mol. The molecule has 3 atom stereocenters. The third-order valence-corrected chi connectivity index (χ3v) is 6.52. The van der Waals surface area contributed by atoms with E-state index >= 15 is 0 Å². The fraction of sp³-hybridized carbons (Fsp3) is 0.440. The van der Waals surface area contributed by atoms with Crippen LogP contribution in [0.4, 0.5) is 5.69 Å². The Labute approximate surface area is 187 Å². The summed E-state index contributed by atoms with van der Waals surface area (Å²) in [7, 11) is 0. The van der Waals surface area contributed by atoms with Gasteiger partial charge in [0.15, 0.2) is 0 Å². The number of imidazole rings is 1. The summed E-state index contributed by atoms with van der Waals surface area (Å²) in [6.45, 7) is 6.64. The number of benzene rings is 2. The van der Waals surface area contributed by atoms with Crippen molar-refractivity contribution in [2.75, 3.05) is 0 Å². The number of ether oxygens (including phenoxy) is 1. The highest BCUT2D eigenvalue weighted by molar-refractivity contribution is 5.83.